The third-order valence-electron chi connectivity index (χ3n) is 2.84. The van der Waals surface area contributed by atoms with Crippen LogP contribution in [0.3, 0.4) is 0 Å². The summed E-state index contributed by atoms with van der Waals surface area (Å²) < 4.78 is 31.5. The van der Waals surface area contributed by atoms with Crippen LogP contribution in [0.25, 0.3) is 0 Å². The predicted octanol–water partition coefficient (Wildman–Crippen LogP) is -0.141. The number of hydrogen-bond acceptors (Lipinski definition) is 5. The van der Waals surface area contributed by atoms with Crippen LogP contribution >= 0.6 is 0 Å². The fourth-order valence-electron chi connectivity index (χ4n) is 1.81. The molecule has 9 heteroatoms. The molecule has 0 unspecified atom stereocenters. The first-order chi connectivity index (χ1) is 10.8. The molecule has 0 aromatic heterocycles. The second kappa shape index (κ2) is 8.49. The van der Waals surface area contributed by atoms with E-state index in [9.17, 15) is 18.0 Å². The Hall–Kier alpha value is -2.13. The van der Waals surface area contributed by atoms with E-state index >= 15 is 0 Å². The van der Waals surface area contributed by atoms with Crippen molar-refractivity contribution in [2.24, 2.45) is 0 Å². The first-order valence-corrected chi connectivity index (χ1v) is 8.50. The lowest BCUT2D eigenvalue weighted by Gasteiger charge is -2.12. The predicted molar refractivity (Wildman–Crippen MR) is 84.9 cm³/mol. The van der Waals surface area contributed by atoms with Crippen molar-refractivity contribution in [2.75, 3.05) is 26.7 Å². The van der Waals surface area contributed by atoms with Crippen molar-refractivity contribution in [1.29, 1.82) is 0 Å². The molecule has 0 bridgehead atoms. The standard InChI is InChI=1S/C14H21N3O5S/c1-4-17-23(20,21)11-5-6-13(22-3)12(9-11)14(19)16-8-7-15-10(2)18/h5-6,9,17H,4,7-8H2,1-3H3,(H,15,18)(H,16,19). The molecule has 0 saturated heterocycles. The highest BCUT2D eigenvalue weighted by atomic mass is 32.2. The van der Waals surface area contributed by atoms with Gasteiger partial charge in [0.25, 0.3) is 5.91 Å². The molecule has 0 aliphatic heterocycles. The van der Waals surface area contributed by atoms with Crippen LogP contribution in [0.2, 0.25) is 0 Å². The van der Waals surface area contributed by atoms with Gasteiger partial charge in [-0.3, -0.25) is 9.59 Å². The topological polar surface area (TPSA) is 114 Å². The summed E-state index contributed by atoms with van der Waals surface area (Å²) >= 11 is 0. The van der Waals surface area contributed by atoms with Crippen molar-refractivity contribution >= 4 is 21.8 Å². The largest absolute Gasteiger partial charge is 0.496 e. The summed E-state index contributed by atoms with van der Waals surface area (Å²) in [5, 5.41) is 5.13. The van der Waals surface area contributed by atoms with E-state index in [1.54, 1.807) is 6.92 Å². The van der Waals surface area contributed by atoms with Gasteiger partial charge in [-0.2, -0.15) is 0 Å². The molecule has 3 N–H and O–H groups in total. The lowest BCUT2D eigenvalue weighted by molar-refractivity contribution is -0.118. The molecule has 2 amide bonds. The minimum Gasteiger partial charge on any atom is -0.496 e. The van der Waals surface area contributed by atoms with E-state index in [1.807, 2.05) is 0 Å². The number of nitrogens with one attached hydrogen (secondary N) is 3. The van der Waals surface area contributed by atoms with Crippen molar-refractivity contribution in [1.82, 2.24) is 15.4 Å². The van der Waals surface area contributed by atoms with E-state index in [0.717, 1.165) is 0 Å². The summed E-state index contributed by atoms with van der Waals surface area (Å²) in [6, 6.07) is 4.04. The maximum absolute atomic E-state index is 12.2. The normalized spacial score (nSPS) is 10.9. The van der Waals surface area contributed by atoms with Gasteiger partial charge < -0.3 is 15.4 Å². The molecule has 0 atom stereocenters. The number of benzene rings is 1. The average molecular weight is 343 g/mol. The fraction of sp³-hybridized carbons (Fsp3) is 0.429. The number of sulfonamides is 1. The van der Waals surface area contributed by atoms with E-state index in [4.69, 9.17) is 4.74 Å². The lowest BCUT2D eigenvalue weighted by Crippen LogP contribution is -2.34. The lowest BCUT2D eigenvalue weighted by atomic mass is 10.2. The minimum atomic E-state index is -3.67. The molecule has 0 fully saturated rings. The first-order valence-electron chi connectivity index (χ1n) is 7.02. The molecule has 1 rings (SSSR count). The monoisotopic (exact) mass is 343 g/mol. The molecule has 8 nitrogen and oxygen atoms in total. The number of ether oxygens (including phenoxy) is 1. The molecule has 0 heterocycles. The van der Waals surface area contributed by atoms with Crippen molar-refractivity contribution in [3.8, 4) is 5.75 Å². The van der Waals surface area contributed by atoms with E-state index in [1.165, 1.54) is 32.2 Å². The highest BCUT2D eigenvalue weighted by molar-refractivity contribution is 7.89. The zero-order valence-electron chi connectivity index (χ0n) is 13.3. The average Bonchev–Trinajstić information content (AvgIpc) is 2.50. The Bertz CT molecular complexity index is 673. The molecule has 0 aliphatic carbocycles. The molecular formula is C14H21N3O5S. The second-order valence-corrected chi connectivity index (χ2v) is 6.37. The van der Waals surface area contributed by atoms with Crippen LogP contribution in [0.15, 0.2) is 23.1 Å². The number of carbonyl (C=O) groups is 2. The van der Waals surface area contributed by atoms with E-state index in [2.05, 4.69) is 15.4 Å². The van der Waals surface area contributed by atoms with E-state index < -0.39 is 15.9 Å². The molecule has 1 aromatic rings. The van der Waals surface area contributed by atoms with Crippen LogP contribution in [0, 0.1) is 0 Å². The van der Waals surface area contributed by atoms with E-state index in [0.29, 0.717) is 0 Å². The second-order valence-electron chi connectivity index (χ2n) is 4.60. The van der Waals surface area contributed by atoms with Crippen molar-refractivity contribution in [3.63, 3.8) is 0 Å². The summed E-state index contributed by atoms with van der Waals surface area (Å²) in [6.45, 7) is 3.77. The zero-order chi connectivity index (χ0) is 17.5. The quantitative estimate of drug-likeness (QED) is 0.569. The maximum atomic E-state index is 12.2. The van der Waals surface area contributed by atoms with Gasteiger partial charge in [0.2, 0.25) is 15.9 Å². The summed E-state index contributed by atoms with van der Waals surface area (Å²) in [5.74, 6) is -0.422. The molecule has 1 aromatic carbocycles. The van der Waals surface area contributed by atoms with Gasteiger partial charge in [-0.15, -0.1) is 0 Å². The SMILES string of the molecule is CCNS(=O)(=O)c1ccc(OC)c(C(=O)NCCNC(C)=O)c1. The number of carbonyl (C=O) groups excluding carboxylic acids is 2. The Morgan fingerprint density at radius 3 is 2.39 bits per heavy atom. The Morgan fingerprint density at radius 2 is 1.83 bits per heavy atom. The molecule has 0 radical (unpaired) electrons. The van der Waals surface area contributed by atoms with Gasteiger partial charge in [0, 0.05) is 26.6 Å². The molecule has 0 aliphatic rings. The highest BCUT2D eigenvalue weighted by Crippen LogP contribution is 2.22. The van der Waals surface area contributed by atoms with E-state index in [-0.39, 0.29) is 41.7 Å². The third kappa shape index (κ3) is 5.53. The van der Waals surface area contributed by atoms with Crippen LogP contribution in [0.4, 0.5) is 0 Å². The summed E-state index contributed by atoms with van der Waals surface area (Å²) in [7, 11) is -2.28. The van der Waals surface area contributed by atoms with Gasteiger partial charge in [-0.1, -0.05) is 6.92 Å². The third-order valence-corrected chi connectivity index (χ3v) is 4.39. The van der Waals surface area contributed by atoms with Crippen LogP contribution in [0.1, 0.15) is 24.2 Å². The van der Waals surface area contributed by atoms with Crippen LogP contribution in [-0.4, -0.2) is 47.0 Å². The Balaban J connectivity index is 2.95. The van der Waals surface area contributed by atoms with Gasteiger partial charge in [-0.25, -0.2) is 13.1 Å². The number of methoxy groups -OCH3 is 1. The summed E-state index contributed by atoms with van der Waals surface area (Å²) in [6.07, 6.45) is 0. The number of hydrogen-bond donors (Lipinski definition) is 3. The Kier molecular flexibility index (Phi) is 6.98. The smallest absolute Gasteiger partial charge is 0.255 e. The highest BCUT2D eigenvalue weighted by Gasteiger charge is 2.19. The minimum absolute atomic E-state index is 0.0211. The van der Waals surface area contributed by atoms with Gasteiger partial charge in [0.1, 0.15) is 5.75 Å². The number of rotatable bonds is 8. The van der Waals surface area contributed by atoms with Crippen LogP contribution in [0.5, 0.6) is 5.75 Å². The van der Waals surface area contributed by atoms with Gasteiger partial charge in [0.15, 0.2) is 0 Å². The molecule has 23 heavy (non-hydrogen) atoms. The fourth-order valence-corrected chi connectivity index (χ4v) is 2.88. The van der Waals surface area contributed by atoms with Gasteiger partial charge in [-0.05, 0) is 18.2 Å². The van der Waals surface area contributed by atoms with Crippen molar-refractivity contribution in [3.05, 3.63) is 23.8 Å². The summed E-state index contributed by atoms with van der Waals surface area (Å²) in [5.41, 5.74) is 0.106. The van der Waals surface area contributed by atoms with Gasteiger partial charge in [0.05, 0.1) is 17.6 Å². The summed E-state index contributed by atoms with van der Waals surface area (Å²) in [4.78, 5) is 22.9. The zero-order valence-corrected chi connectivity index (χ0v) is 14.1. The molecule has 0 spiro atoms. The molecule has 0 saturated carbocycles. The Labute approximate surface area is 135 Å². The van der Waals surface area contributed by atoms with Gasteiger partial charge >= 0.3 is 0 Å². The van der Waals surface area contributed by atoms with Crippen molar-refractivity contribution < 1.29 is 22.7 Å². The van der Waals surface area contributed by atoms with Crippen molar-refractivity contribution in [2.45, 2.75) is 18.7 Å². The number of amides is 2. The van der Waals surface area contributed by atoms with Crippen LogP contribution in [-0.2, 0) is 14.8 Å². The molecular weight excluding hydrogens is 322 g/mol. The first kappa shape index (κ1) is 18.9. The Morgan fingerprint density at radius 1 is 1.17 bits per heavy atom. The maximum Gasteiger partial charge on any atom is 0.255 e. The van der Waals surface area contributed by atoms with Crippen LogP contribution < -0.4 is 20.1 Å². The molecule has 128 valence electrons.